The van der Waals surface area contributed by atoms with Gasteiger partial charge in [-0.25, -0.2) is 8.42 Å². The summed E-state index contributed by atoms with van der Waals surface area (Å²) in [7, 11) is -3.70. The van der Waals surface area contributed by atoms with Crippen molar-refractivity contribution in [3.05, 3.63) is 30.5 Å². The van der Waals surface area contributed by atoms with Crippen LogP contribution in [0.3, 0.4) is 0 Å². The van der Waals surface area contributed by atoms with Crippen molar-refractivity contribution in [2.45, 2.75) is 30.7 Å². The Morgan fingerprint density at radius 1 is 1.41 bits per heavy atom. The van der Waals surface area contributed by atoms with Crippen LogP contribution in [0, 0.1) is 0 Å². The van der Waals surface area contributed by atoms with E-state index < -0.39 is 22.0 Å². The maximum atomic E-state index is 12.8. The molecule has 0 saturated carbocycles. The molecule has 0 amide bonds. The number of esters is 1. The molecule has 2 heterocycles. The number of benzene rings is 1. The van der Waals surface area contributed by atoms with Crippen LogP contribution >= 0.6 is 0 Å². The van der Waals surface area contributed by atoms with Gasteiger partial charge in [-0.1, -0.05) is 0 Å². The molecular formula is C15H18N2O4S. The van der Waals surface area contributed by atoms with E-state index in [1.165, 1.54) is 4.31 Å². The highest BCUT2D eigenvalue weighted by Gasteiger charge is 2.40. The van der Waals surface area contributed by atoms with Gasteiger partial charge in [0.05, 0.1) is 11.5 Å². The number of nitrogens with one attached hydrogen (secondary N) is 1. The summed E-state index contributed by atoms with van der Waals surface area (Å²) in [5, 5.41) is 0.827. The molecule has 1 N–H and O–H groups in total. The summed E-state index contributed by atoms with van der Waals surface area (Å²) in [5.74, 6) is -0.466. The molecule has 0 spiro atoms. The van der Waals surface area contributed by atoms with Crippen molar-refractivity contribution in [3.8, 4) is 0 Å². The van der Waals surface area contributed by atoms with Crippen LogP contribution in [0.15, 0.2) is 35.4 Å². The number of hydrogen-bond acceptors (Lipinski definition) is 4. The lowest BCUT2D eigenvalue weighted by Crippen LogP contribution is -2.41. The zero-order valence-electron chi connectivity index (χ0n) is 12.3. The van der Waals surface area contributed by atoms with Crippen molar-refractivity contribution in [3.63, 3.8) is 0 Å². The van der Waals surface area contributed by atoms with E-state index in [9.17, 15) is 13.2 Å². The van der Waals surface area contributed by atoms with Gasteiger partial charge < -0.3 is 9.72 Å². The molecule has 0 aliphatic carbocycles. The van der Waals surface area contributed by atoms with Crippen molar-refractivity contribution in [1.82, 2.24) is 9.29 Å². The second kappa shape index (κ2) is 5.73. The first-order valence-corrected chi connectivity index (χ1v) is 8.73. The minimum atomic E-state index is -3.70. The lowest BCUT2D eigenvalue weighted by atomic mass is 10.2. The van der Waals surface area contributed by atoms with E-state index in [1.807, 2.05) is 6.07 Å². The van der Waals surface area contributed by atoms with Gasteiger partial charge in [0.15, 0.2) is 0 Å². The van der Waals surface area contributed by atoms with E-state index in [0.29, 0.717) is 19.4 Å². The quantitative estimate of drug-likeness (QED) is 0.872. The third kappa shape index (κ3) is 2.50. The maximum Gasteiger partial charge on any atom is 0.324 e. The van der Waals surface area contributed by atoms with Gasteiger partial charge in [-0.15, -0.1) is 0 Å². The van der Waals surface area contributed by atoms with Crippen LogP contribution in [0.4, 0.5) is 0 Å². The van der Waals surface area contributed by atoms with Crippen molar-refractivity contribution < 1.29 is 17.9 Å². The SMILES string of the molecule is CCOC(=O)[C@@H]1CCCN1S(=O)(=O)c1ccc2[nH]ccc2c1. The average Bonchev–Trinajstić information content (AvgIpc) is 3.16. The Labute approximate surface area is 129 Å². The van der Waals surface area contributed by atoms with Gasteiger partial charge in [0.25, 0.3) is 0 Å². The number of carbonyl (C=O) groups is 1. The molecule has 1 aliphatic rings. The van der Waals surface area contributed by atoms with Gasteiger partial charge in [-0.05, 0) is 44.0 Å². The molecule has 118 valence electrons. The number of aromatic nitrogens is 1. The monoisotopic (exact) mass is 322 g/mol. The lowest BCUT2D eigenvalue weighted by Gasteiger charge is -2.22. The summed E-state index contributed by atoms with van der Waals surface area (Å²) in [6.07, 6.45) is 2.93. The van der Waals surface area contributed by atoms with E-state index in [2.05, 4.69) is 4.98 Å². The predicted octanol–water partition coefficient (Wildman–Crippen LogP) is 1.88. The number of sulfonamides is 1. The van der Waals surface area contributed by atoms with Crippen LogP contribution in [0.5, 0.6) is 0 Å². The Morgan fingerprint density at radius 2 is 2.23 bits per heavy atom. The van der Waals surface area contributed by atoms with E-state index in [-0.39, 0.29) is 11.5 Å². The Morgan fingerprint density at radius 3 is 3.00 bits per heavy atom. The molecule has 1 saturated heterocycles. The van der Waals surface area contributed by atoms with Crippen molar-refractivity contribution in [2.24, 2.45) is 0 Å². The zero-order chi connectivity index (χ0) is 15.7. The Bertz CT molecular complexity index is 797. The molecule has 6 nitrogen and oxygen atoms in total. The fraction of sp³-hybridized carbons (Fsp3) is 0.400. The minimum absolute atomic E-state index is 0.204. The highest BCUT2D eigenvalue weighted by molar-refractivity contribution is 7.89. The van der Waals surface area contributed by atoms with Gasteiger partial charge in [0.1, 0.15) is 6.04 Å². The third-order valence-corrected chi connectivity index (χ3v) is 5.80. The smallest absolute Gasteiger partial charge is 0.324 e. The summed E-state index contributed by atoms with van der Waals surface area (Å²) in [4.78, 5) is 15.2. The first-order chi connectivity index (χ1) is 10.5. The molecule has 1 atom stereocenters. The van der Waals surface area contributed by atoms with Crippen molar-refractivity contribution in [2.75, 3.05) is 13.2 Å². The summed E-state index contributed by atoms with van der Waals surface area (Å²) in [6, 6.07) is 6.03. The Balaban J connectivity index is 1.95. The predicted molar refractivity (Wildman–Crippen MR) is 81.8 cm³/mol. The van der Waals surface area contributed by atoms with Crippen LogP contribution in [0.2, 0.25) is 0 Å². The number of carbonyl (C=O) groups excluding carboxylic acids is 1. The van der Waals surface area contributed by atoms with Crippen LogP contribution in [-0.4, -0.2) is 42.9 Å². The molecule has 1 aromatic carbocycles. The molecule has 2 aromatic rings. The summed E-state index contributed by atoms with van der Waals surface area (Å²) in [5.41, 5.74) is 0.877. The number of nitrogens with zero attached hydrogens (tertiary/aromatic N) is 1. The fourth-order valence-corrected chi connectivity index (χ4v) is 4.51. The van der Waals surface area contributed by atoms with Crippen molar-refractivity contribution in [1.29, 1.82) is 0 Å². The van der Waals surface area contributed by atoms with E-state index in [0.717, 1.165) is 10.9 Å². The summed E-state index contributed by atoms with van der Waals surface area (Å²) < 4.78 is 31.9. The molecule has 7 heteroatoms. The molecular weight excluding hydrogens is 304 g/mol. The molecule has 1 fully saturated rings. The first-order valence-electron chi connectivity index (χ1n) is 7.29. The molecule has 0 radical (unpaired) electrons. The zero-order valence-corrected chi connectivity index (χ0v) is 13.1. The lowest BCUT2D eigenvalue weighted by molar-refractivity contribution is -0.146. The molecule has 3 rings (SSSR count). The van der Waals surface area contributed by atoms with Crippen molar-refractivity contribution >= 4 is 26.9 Å². The number of H-pyrrole nitrogens is 1. The highest BCUT2D eigenvalue weighted by Crippen LogP contribution is 2.28. The van der Waals surface area contributed by atoms with E-state index >= 15 is 0 Å². The highest BCUT2D eigenvalue weighted by atomic mass is 32.2. The first kappa shape index (κ1) is 15.1. The second-order valence-electron chi connectivity index (χ2n) is 5.25. The van der Waals surface area contributed by atoms with Gasteiger partial charge in [0, 0.05) is 23.6 Å². The summed E-state index contributed by atoms with van der Waals surface area (Å²) in [6.45, 7) is 2.31. The van der Waals surface area contributed by atoms with Gasteiger partial charge >= 0.3 is 5.97 Å². The molecule has 1 aromatic heterocycles. The largest absolute Gasteiger partial charge is 0.465 e. The Kier molecular flexibility index (Phi) is 3.92. The number of fused-ring (bicyclic) bond motifs is 1. The van der Waals surface area contributed by atoms with Crippen LogP contribution in [0.1, 0.15) is 19.8 Å². The number of hydrogen-bond donors (Lipinski definition) is 1. The fourth-order valence-electron chi connectivity index (χ4n) is 2.83. The normalized spacial score (nSPS) is 19.6. The second-order valence-corrected chi connectivity index (χ2v) is 7.14. The van der Waals surface area contributed by atoms with Gasteiger partial charge in [0.2, 0.25) is 10.0 Å². The van der Waals surface area contributed by atoms with Crippen LogP contribution in [-0.2, 0) is 19.6 Å². The topological polar surface area (TPSA) is 79.5 Å². The molecule has 22 heavy (non-hydrogen) atoms. The Hall–Kier alpha value is -1.86. The van der Waals surface area contributed by atoms with E-state index in [1.54, 1.807) is 31.3 Å². The average molecular weight is 322 g/mol. The standard InChI is InChI=1S/C15H18N2O4S/c1-2-21-15(18)14-4-3-9-17(14)22(19,20)12-5-6-13-11(10-12)7-8-16-13/h5-8,10,14,16H,2-4,9H2,1H3/t14-/m0/s1. The number of rotatable bonds is 4. The molecule has 0 unspecified atom stereocenters. The molecule has 1 aliphatic heterocycles. The van der Waals surface area contributed by atoms with Gasteiger partial charge in [-0.3, -0.25) is 4.79 Å². The van der Waals surface area contributed by atoms with Crippen LogP contribution in [0.25, 0.3) is 10.9 Å². The summed E-state index contributed by atoms with van der Waals surface area (Å²) >= 11 is 0. The maximum absolute atomic E-state index is 12.8. The molecule has 0 bridgehead atoms. The number of ether oxygens (including phenoxy) is 1. The third-order valence-electron chi connectivity index (χ3n) is 3.89. The number of aromatic amines is 1. The van der Waals surface area contributed by atoms with Gasteiger partial charge in [-0.2, -0.15) is 4.31 Å². The minimum Gasteiger partial charge on any atom is -0.465 e. The van der Waals surface area contributed by atoms with E-state index in [4.69, 9.17) is 4.74 Å². The van der Waals surface area contributed by atoms with Crippen LogP contribution < -0.4 is 0 Å².